The highest BCUT2D eigenvalue weighted by Gasteiger charge is 2.24. The Morgan fingerprint density at radius 1 is 1.05 bits per heavy atom. The molecule has 9 nitrogen and oxygen atoms in total. The average Bonchev–Trinajstić information content (AvgIpc) is 3.45. The van der Waals surface area contributed by atoms with Crippen molar-refractivity contribution >= 4 is 41.3 Å². The Morgan fingerprint density at radius 2 is 1.76 bits per heavy atom. The van der Waals surface area contributed by atoms with Crippen molar-refractivity contribution in [2.75, 3.05) is 30.0 Å². The summed E-state index contributed by atoms with van der Waals surface area (Å²) in [7, 11) is 1.79. The molecule has 2 aromatic heterocycles. The third-order valence-corrected chi connectivity index (χ3v) is 7.65. The monoisotopic (exact) mass is 546 g/mol. The van der Waals surface area contributed by atoms with Gasteiger partial charge in [-0.2, -0.15) is 0 Å². The third-order valence-electron chi connectivity index (χ3n) is 6.35. The topological polar surface area (TPSA) is 91.5 Å². The predicted octanol–water partition coefficient (Wildman–Crippen LogP) is 6.64. The molecule has 0 saturated carbocycles. The summed E-state index contributed by atoms with van der Waals surface area (Å²) in [6.45, 7) is 5.52. The molecule has 194 valence electrons. The van der Waals surface area contributed by atoms with Gasteiger partial charge in [0.25, 0.3) is 0 Å². The van der Waals surface area contributed by atoms with E-state index in [4.69, 9.17) is 21.3 Å². The highest BCUT2D eigenvalue weighted by molar-refractivity contribution is 7.09. The van der Waals surface area contributed by atoms with Gasteiger partial charge in [0.05, 0.1) is 16.4 Å². The molecule has 38 heavy (non-hydrogen) atoms. The van der Waals surface area contributed by atoms with Crippen molar-refractivity contribution in [2.24, 2.45) is 15.5 Å². The molecule has 0 unspecified atom stereocenters. The normalized spacial score (nSPS) is 14.1. The van der Waals surface area contributed by atoms with Crippen molar-refractivity contribution in [1.29, 1.82) is 0 Å². The number of piperidine rings is 1. The Kier molecular flexibility index (Phi) is 8.20. The second kappa shape index (κ2) is 12.1. The first-order chi connectivity index (χ1) is 18.6. The zero-order chi connectivity index (χ0) is 26.3. The van der Waals surface area contributed by atoms with Crippen LogP contribution in [0.5, 0.6) is 5.75 Å². The Labute approximate surface area is 230 Å². The zero-order valence-electron chi connectivity index (χ0n) is 20.9. The molecule has 0 spiro atoms. The molecule has 0 amide bonds. The van der Waals surface area contributed by atoms with E-state index < -0.39 is 0 Å². The van der Waals surface area contributed by atoms with E-state index >= 15 is 0 Å². The van der Waals surface area contributed by atoms with Crippen molar-refractivity contribution in [2.45, 2.75) is 25.4 Å². The highest BCUT2D eigenvalue weighted by Crippen LogP contribution is 2.32. The van der Waals surface area contributed by atoms with Gasteiger partial charge in [0.15, 0.2) is 0 Å². The fourth-order valence-corrected chi connectivity index (χ4v) is 5.34. The molecule has 1 aliphatic rings. The standard InChI is InChI=1S/C27H27ClN8OS/c1-29-33-34-35(2)24-7-9-25(10-8-24)37-17-23-18-38-26(32-23)20-11-13-36(14-12-20)27-30-15-21(16-31-27)19-3-5-22(28)6-4-19/h3-10,15-16,18,20H,1,11-14,17H2,2H3/b34-33-. The summed E-state index contributed by atoms with van der Waals surface area (Å²) in [4.78, 5) is 16.3. The van der Waals surface area contributed by atoms with E-state index in [0.717, 1.165) is 65.2 Å². The minimum absolute atomic E-state index is 0.429. The number of hydrogen-bond acceptors (Lipinski definition) is 8. The van der Waals surface area contributed by atoms with E-state index in [2.05, 4.69) is 42.5 Å². The molecule has 0 aliphatic carbocycles. The Balaban J connectivity index is 1.11. The zero-order valence-corrected chi connectivity index (χ0v) is 22.5. The number of rotatable bonds is 9. The van der Waals surface area contributed by atoms with Gasteiger partial charge in [-0.1, -0.05) is 23.7 Å². The Morgan fingerprint density at radius 3 is 2.45 bits per heavy atom. The molecule has 0 bridgehead atoms. The molecule has 1 aliphatic heterocycles. The summed E-state index contributed by atoms with van der Waals surface area (Å²) < 4.78 is 5.94. The van der Waals surface area contributed by atoms with Gasteiger partial charge in [-0.05, 0) is 65.2 Å². The Hall–Kier alpha value is -3.89. The number of nitrogens with zero attached hydrogens (tertiary/aromatic N) is 8. The van der Waals surface area contributed by atoms with E-state index in [9.17, 15) is 0 Å². The fourth-order valence-electron chi connectivity index (χ4n) is 4.23. The van der Waals surface area contributed by atoms with Crippen molar-refractivity contribution in [3.63, 3.8) is 0 Å². The highest BCUT2D eigenvalue weighted by atomic mass is 35.5. The lowest BCUT2D eigenvalue weighted by Crippen LogP contribution is -2.34. The first kappa shape index (κ1) is 25.7. The summed E-state index contributed by atoms with van der Waals surface area (Å²) in [6.07, 6.45) is 5.79. The largest absolute Gasteiger partial charge is 0.487 e. The minimum atomic E-state index is 0.429. The summed E-state index contributed by atoms with van der Waals surface area (Å²) >= 11 is 7.70. The lowest BCUT2D eigenvalue weighted by atomic mass is 9.98. The molecule has 0 radical (unpaired) electrons. The van der Waals surface area contributed by atoms with E-state index in [-0.39, 0.29) is 0 Å². The quantitative estimate of drug-likeness (QED) is 0.133. The number of anilines is 2. The van der Waals surface area contributed by atoms with Gasteiger partial charge >= 0.3 is 0 Å². The predicted molar refractivity (Wildman–Crippen MR) is 152 cm³/mol. The molecule has 1 fully saturated rings. The maximum Gasteiger partial charge on any atom is 0.225 e. The molecule has 0 N–H and O–H groups in total. The minimum Gasteiger partial charge on any atom is -0.487 e. The van der Waals surface area contributed by atoms with Crippen LogP contribution in [0, 0.1) is 0 Å². The molecule has 11 heteroatoms. The SMILES string of the molecule is C=N/N=N\N(C)c1ccc(OCc2csc(C3CCN(c4ncc(-c5ccc(Cl)cc5)cn4)CC3)n2)cc1. The molecule has 4 aromatic rings. The summed E-state index contributed by atoms with van der Waals surface area (Å²) in [6, 6.07) is 15.3. The maximum absolute atomic E-state index is 5.99. The van der Waals surface area contributed by atoms with E-state index in [1.165, 1.54) is 5.01 Å². The number of halogens is 1. The molecular formula is C27H27ClN8OS. The first-order valence-electron chi connectivity index (χ1n) is 12.2. The maximum atomic E-state index is 5.99. The van der Waals surface area contributed by atoms with Gasteiger partial charge < -0.3 is 9.64 Å². The molecule has 5 rings (SSSR count). The van der Waals surface area contributed by atoms with E-state index in [1.807, 2.05) is 60.9 Å². The molecule has 3 heterocycles. The van der Waals surface area contributed by atoms with Gasteiger partial charge in [0.1, 0.15) is 12.4 Å². The number of hydrogen-bond donors (Lipinski definition) is 0. The van der Waals surface area contributed by atoms with Crippen LogP contribution in [0.15, 0.2) is 81.9 Å². The van der Waals surface area contributed by atoms with Crippen molar-refractivity contribution < 1.29 is 4.74 Å². The lowest BCUT2D eigenvalue weighted by Gasteiger charge is -2.31. The van der Waals surface area contributed by atoms with Crippen LogP contribution in [0.1, 0.15) is 29.5 Å². The summed E-state index contributed by atoms with van der Waals surface area (Å²) in [5.74, 6) is 1.98. The van der Waals surface area contributed by atoms with E-state index in [0.29, 0.717) is 12.5 Å². The van der Waals surface area contributed by atoms with Gasteiger partial charge in [-0.3, -0.25) is 0 Å². The van der Waals surface area contributed by atoms with Crippen LogP contribution in [0.3, 0.4) is 0 Å². The number of benzene rings is 2. The van der Waals surface area contributed by atoms with Crippen LogP contribution in [0.25, 0.3) is 11.1 Å². The van der Waals surface area contributed by atoms with Crippen molar-refractivity contribution in [1.82, 2.24) is 15.0 Å². The molecule has 2 aromatic carbocycles. The first-order valence-corrected chi connectivity index (χ1v) is 13.5. The average molecular weight is 547 g/mol. The van der Waals surface area contributed by atoms with Crippen molar-refractivity contribution in [3.05, 3.63) is 82.0 Å². The van der Waals surface area contributed by atoms with Crippen LogP contribution >= 0.6 is 22.9 Å². The van der Waals surface area contributed by atoms with E-state index in [1.54, 1.807) is 23.4 Å². The second-order valence-corrected chi connectivity index (χ2v) is 10.2. The number of aromatic nitrogens is 3. The summed E-state index contributed by atoms with van der Waals surface area (Å²) in [5.41, 5.74) is 3.85. The second-order valence-electron chi connectivity index (χ2n) is 8.84. The van der Waals surface area contributed by atoms with Gasteiger partial charge in [0, 0.05) is 61.1 Å². The molecule has 0 atom stereocenters. The fraction of sp³-hybridized carbons (Fsp3) is 0.259. The van der Waals surface area contributed by atoms with Crippen LogP contribution in [-0.2, 0) is 6.61 Å². The van der Waals surface area contributed by atoms with Crippen LogP contribution in [0.2, 0.25) is 5.02 Å². The summed E-state index contributed by atoms with van der Waals surface area (Å²) in [5, 5.41) is 16.4. The molecular weight excluding hydrogens is 520 g/mol. The lowest BCUT2D eigenvalue weighted by molar-refractivity contribution is 0.301. The molecule has 1 saturated heterocycles. The van der Waals surface area contributed by atoms with Crippen LogP contribution < -0.4 is 14.6 Å². The number of thiazole rings is 1. The van der Waals surface area contributed by atoms with Crippen LogP contribution in [0.4, 0.5) is 11.6 Å². The third kappa shape index (κ3) is 6.32. The number of ether oxygens (including phenoxy) is 1. The van der Waals surface area contributed by atoms with Gasteiger partial charge in [-0.15, -0.1) is 16.4 Å². The smallest absolute Gasteiger partial charge is 0.225 e. The Bertz CT molecular complexity index is 1370. The van der Waals surface area contributed by atoms with Gasteiger partial charge in [-0.25, -0.2) is 20.0 Å². The van der Waals surface area contributed by atoms with Crippen molar-refractivity contribution in [3.8, 4) is 16.9 Å². The van der Waals surface area contributed by atoms with Gasteiger partial charge in [0.2, 0.25) is 5.95 Å². The van der Waals surface area contributed by atoms with Crippen LogP contribution in [-0.4, -0.2) is 41.8 Å².